The Kier molecular flexibility index (Phi) is 3.31. The van der Waals surface area contributed by atoms with Crippen LogP contribution in [0.2, 0.25) is 0 Å². The number of carbonyl (C=O) groups excluding carboxylic acids is 2. The SMILES string of the molecule is CCN1C(=O)N/C(=C/c2ccc(-c3ccccc3)o2)C1=O. The number of urea groups is 1. The summed E-state index contributed by atoms with van der Waals surface area (Å²) in [6, 6.07) is 12.9. The van der Waals surface area contributed by atoms with E-state index < -0.39 is 6.03 Å². The number of nitrogens with zero attached hydrogens (tertiary/aromatic N) is 1. The average Bonchev–Trinajstić information content (AvgIpc) is 3.06. The number of hydrogen-bond donors (Lipinski definition) is 1. The third-order valence-electron chi connectivity index (χ3n) is 3.25. The molecule has 1 N–H and O–H groups in total. The van der Waals surface area contributed by atoms with Crippen LogP contribution in [0, 0.1) is 0 Å². The van der Waals surface area contributed by atoms with E-state index in [1.165, 1.54) is 0 Å². The number of carbonyl (C=O) groups is 2. The minimum atomic E-state index is -0.399. The predicted octanol–water partition coefficient (Wildman–Crippen LogP) is 2.86. The topological polar surface area (TPSA) is 62.6 Å². The molecule has 1 aromatic carbocycles. The summed E-state index contributed by atoms with van der Waals surface area (Å²) in [7, 11) is 0. The van der Waals surface area contributed by atoms with Gasteiger partial charge in [-0.25, -0.2) is 4.79 Å². The van der Waals surface area contributed by atoms with Gasteiger partial charge in [-0.3, -0.25) is 9.69 Å². The Labute approximate surface area is 121 Å². The summed E-state index contributed by atoms with van der Waals surface area (Å²) in [5, 5.41) is 2.54. The van der Waals surface area contributed by atoms with Crippen LogP contribution in [0.1, 0.15) is 12.7 Å². The van der Waals surface area contributed by atoms with Gasteiger partial charge in [0.1, 0.15) is 17.2 Å². The van der Waals surface area contributed by atoms with Gasteiger partial charge >= 0.3 is 6.03 Å². The van der Waals surface area contributed by atoms with E-state index in [1.54, 1.807) is 19.1 Å². The van der Waals surface area contributed by atoms with Gasteiger partial charge in [-0.2, -0.15) is 0 Å². The minimum Gasteiger partial charge on any atom is -0.457 e. The largest absolute Gasteiger partial charge is 0.457 e. The van der Waals surface area contributed by atoms with E-state index in [9.17, 15) is 9.59 Å². The van der Waals surface area contributed by atoms with Crippen LogP contribution in [0.3, 0.4) is 0 Å². The van der Waals surface area contributed by atoms with E-state index in [-0.39, 0.29) is 11.6 Å². The van der Waals surface area contributed by atoms with Crippen LogP contribution < -0.4 is 5.32 Å². The summed E-state index contributed by atoms with van der Waals surface area (Å²) in [6.07, 6.45) is 1.54. The Morgan fingerprint density at radius 1 is 1.14 bits per heavy atom. The lowest BCUT2D eigenvalue weighted by atomic mass is 10.2. The molecule has 0 aliphatic carbocycles. The lowest BCUT2D eigenvalue weighted by Gasteiger charge is -2.05. The number of benzene rings is 1. The maximum absolute atomic E-state index is 12.0. The fourth-order valence-electron chi connectivity index (χ4n) is 2.19. The molecule has 5 nitrogen and oxygen atoms in total. The summed E-state index contributed by atoms with van der Waals surface area (Å²) in [6.45, 7) is 2.09. The average molecular weight is 282 g/mol. The van der Waals surface area contributed by atoms with Crippen molar-refractivity contribution in [3.63, 3.8) is 0 Å². The summed E-state index contributed by atoms with van der Waals surface area (Å²) >= 11 is 0. The Hall–Kier alpha value is -2.82. The quantitative estimate of drug-likeness (QED) is 0.695. The first-order valence-electron chi connectivity index (χ1n) is 6.69. The monoisotopic (exact) mass is 282 g/mol. The van der Waals surface area contributed by atoms with Gasteiger partial charge in [0.05, 0.1) is 0 Å². The first-order valence-corrected chi connectivity index (χ1v) is 6.69. The fourth-order valence-corrected chi connectivity index (χ4v) is 2.19. The van der Waals surface area contributed by atoms with Crippen LogP contribution in [-0.4, -0.2) is 23.4 Å². The van der Waals surface area contributed by atoms with Crippen molar-refractivity contribution >= 4 is 18.0 Å². The zero-order valence-electron chi connectivity index (χ0n) is 11.5. The highest BCUT2D eigenvalue weighted by atomic mass is 16.3. The molecule has 1 aliphatic rings. The molecule has 3 rings (SSSR count). The third kappa shape index (κ3) is 2.45. The Morgan fingerprint density at radius 2 is 1.90 bits per heavy atom. The molecule has 2 aromatic rings. The molecule has 2 heterocycles. The third-order valence-corrected chi connectivity index (χ3v) is 3.25. The van der Waals surface area contributed by atoms with Crippen LogP contribution in [-0.2, 0) is 4.79 Å². The number of amides is 3. The van der Waals surface area contributed by atoms with E-state index in [0.717, 1.165) is 10.5 Å². The number of imide groups is 1. The van der Waals surface area contributed by atoms with Crippen molar-refractivity contribution in [2.24, 2.45) is 0 Å². The van der Waals surface area contributed by atoms with Crippen molar-refractivity contribution in [3.05, 3.63) is 53.9 Å². The Balaban J connectivity index is 1.87. The Bertz CT molecular complexity index is 716. The highest BCUT2D eigenvalue weighted by molar-refractivity contribution is 6.13. The molecule has 0 unspecified atom stereocenters. The van der Waals surface area contributed by atoms with Crippen molar-refractivity contribution < 1.29 is 14.0 Å². The van der Waals surface area contributed by atoms with Crippen LogP contribution in [0.5, 0.6) is 0 Å². The highest BCUT2D eigenvalue weighted by Crippen LogP contribution is 2.23. The summed E-state index contributed by atoms with van der Waals surface area (Å²) in [4.78, 5) is 24.7. The molecule has 1 aliphatic heterocycles. The number of furan rings is 1. The molecule has 5 heteroatoms. The molecule has 1 fully saturated rings. The van der Waals surface area contributed by atoms with Crippen molar-refractivity contribution in [1.82, 2.24) is 10.2 Å². The van der Waals surface area contributed by atoms with Gasteiger partial charge < -0.3 is 9.73 Å². The number of hydrogen-bond acceptors (Lipinski definition) is 3. The predicted molar refractivity (Wildman–Crippen MR) is 78.0 cm³/mol. The molecule has 106 valence electrons. The fraction of sp³-hybridized carbons (Fsp3) is 0.125. The van der Waals surface area contributed by atoms with E-state index in [1.807, 2.05) is 36.4 Å². The smallest absolute Gasteiger partial charge is 0.328 e. The second-order valence-electron chi connectivity index (χ2n) is 4.61. The lowest BCUT2D eigenvalue weighted by Crippen LogP contribution is -2.30. The number of rotatable bonds is 3. The van der Waals surface area contributed by atoms with Crippen molar-refractivity contribution in [1.29, 1.82) is 0 Å². The van der Waals surface area contributed by atoms with Gasteiger partial charge in [0.25, 0.3) is 5.91 Å². The van der Waals surface area contributed by atoms with Crippen molar-refractivity contribution in [2.45, 2.75) is 6.92 Å². The second-order valence-corrected chi connectivity index (χ2v) is 4.61. The molecule has 0 radical (unpaired) electrons. The van der Waals surface area contributed by atoms with Gasteiger partial charge in [0.2, 0.25) is 0 Å². The van der Waals surface area contributed by atoms with Gasteiger partial charge in [-0.05, 0) is 19.1 Å². The van der Waals surface area contributed by atoms with E-state index >= 15 is 0 Å². The van der Waals surface area contributed by atoms with Gasteiger partial charge in [0.15, 0.2) is 0 Å². The van der Waals surface area contributed by atoms with Crippen LogP contribution in [0.25, 0.3) is 17.4 Å². The standard InChI is InChI=1S/C16H14N2O3/c1-2-18-15(19)13(17-16(18)20)10-12-8-9-14(21-12)11-6-4-3-5-7-11/h3-10H,2H2,1H3,(H,17,20)/b13-10+. The second kappa shape index (κ2) is 5.28. The minimum absolute atomic E-state index is 0.232. The number of likely N-dealkylation sites (N-methyl/N-ethyl adjacent to an activating group) is 1. The Morgan fingerprint density at radius 3 is 2.57 bits per heavy atom. The first kappa shape index (κ1) is 13.2. The van der Waals surface area contributed by atoms with Crippen LogP contribution >= 0.6 is 0 Å². The zero-order valence-corrected chi connectivity index (χ0v) is 11.5. The molecule has 0 saturated carbocycles. The molecule has 1 aromatic heterocycles. The summed E-state index contributed by atoms with van der Waals surface area (Å²) in [5.74, 6) is 0.905. The van der Waals surface area contributed by atoms with Crippen LogP contribution in [0.4, 0.5) is 4.79 Å². The molecule has 0 atom stereocenters. The van der Waals surface area contributed by atoms with E-state index in [2.05, 4.69) is 5.32 Å². The molecule has 3 amide bonds. The molecule has 1 saturated heterocycles. The van der Waals surface area contributed by atoms with Gasteiger partial charge in [-0.15, -0.1) is 0 Å². The summed E-state index contributed by atoms with van der Waals surface area (Å²) < 4.78 is 5.69. The van der Waals surface area contributed by atoms with Gasteiger partial charge in [0, 0.05) is 18.2 Å². The number of nitrogens with one attached hydrogen (secondary N) is 1. The molecule has 0 bridgehead atoms. The molecular formula is C16H14N2O3. The maximum Gasteiger partial charge on any atom is 0.328 e. The normalized spacial score (nSPS) is 16.6. The molecular weight excluding hydrogens is 268 g/mol. The lowest BCUT2D eigenvalue weighted by molar-refractivity contribution is -0.122. The van der Waals surface area contributed by atoms with Crippen molar-refractivity contribution in [3.8, 4) is 11.3 Å². The summed E-state index contributed by atoms with van der Waals surface area (Å²) in [5.41, 5.74) is 1.19. The van der Waals surface area contributed by atoms with Crippen molar-refractivity contribution in [2.75, 3.05) is 6.54 Å². The van der Waals surface area contributed by atoms with Gasteiger partial charge in [-0.1, -0.05) is 30.3 Å². The van der Waals surface area contributed by atoms with E-state index in [4.69, 9.17) is 4.42 Å². The van der Waals surface area contributed by atoms with Crippen LogP contribution in [0.15, 0.2) is 52.6 Å². The highest BCUT2D eigenvalue weighted by Gasteiger charge is 2.32. The zero-order chi connectivity index (χ0) is 14.8. The van der Waals surface area contributed by atoms with E-state index in [0.29, 0.717) is 18.1 Å². The first-order chi connectivity index (χ1) is 10.2. The molecule has 0 spiro atoms. The maximum atomic E-state index is 12.0. The molecule has 21 heavy (non-hydrogen) atoms.